The van der Waals surface area contributed by atoms with E-state index >= 15 is 0 Å². The normalized spacial score (nSPS) is 20.2. The van der Waals surface area contributed by atoms with Crippen molar-refractivity contribution in [2.24, 2.45) is 5.92 Å². The first-order valence-corrected chi connectivity index (χ1v) is 22.5. The molecule has 0 aliphatic carbocycles. The maximum atomic E-state index is 6.87. The lowest BCUT2D eigenvalue weighted by atomic mass is 9.83. The van der Waals surface area contributed by atoms with Gasteiger partial charge in [0.2, 0.25) is 5.72 Å². The SMILES string of the molecule is CCCCCCCC/C=C\CCCCCCCCOCC(C)(OCCCCCCCC/C=C\CCCCCCCC)[N+]12CCC(CC1)CC2.[Cl-]. The van der Waals surface area contributed by atoms with E-state index in [1.54, 1.807) is 0 Å². The van der Waals surface area contributed by atoms with Gasteiger partial charge >= 0.3 is 0 Å². The highest BCUT2D eigenvalue weighted by Gasteiger charge is 2.53. The second-order valence-corrected chi connectivity index (χ2v) is 16.5. The topological polar surface area (TPSA) is 18.5 Å². The van der Waals surface area contributed by atoms with Gasteiger partial charge in [-0.05, 0) is 89.4 Å². The van der Waals surface area contributed by atoms with E-state index in [1.807, 2.05) is 0 Å². The summed E-state index contributed by atoms with van der Waals surface area (Å²) in [5, 5.41) is 0. The minimum absolute atomic E-state index is 0. The van der Waals surface area contributed by atoms with Crippen LogP contribution in [0, 0.1) is 5.92 Å². The smallest absolute Gasteiger partial charge is 0.224 e. The second-order valence-electron chi connectivity index (χ2n) is 16.5. The summed E-state index contributed by atoms with van der Waals surface area (Å²) in [6.45, 7) is 13.5. The average Bonchev–Trinajstić information content (AvgIpc) is 3.13. The van der Waals surface area contributed by atoms with Gasteiger partial charge in [-0.2, -0.15) is 0 Å². The molecule has 3 fully saturated rings. The molecule has 3 saturated heterocycles. The van der Waals surface area contributed by atoms with Crippen LogP contribution >= 0.6 is 0 Å². The third kappa shape index (κ3) is 22.7. The van der Waals surface area contributed by atoms with Crippen molar-refractivity contribution in [3.63, 3.8) is 0 Å². The molecule has 0 aromatic heterocycles. The molecule has 0 aromatic rings. The van der Waals surface area contributed by atoms with E-state index in [1.165, 1.54) is 219 Å². The van der Waals surface area contributed by atoms with Gasteiger partial charge in [-0.25, -0.2) is 0 Å². The monoisotopic (exact) mass is 722 g/mol. The molecule has 3 nitrogen and oxygen atoms in total. The molecule has 0 aromatic carbocycles. The third-order valence-electron chi connectivity index (χ3n) is 12.1. The molecule has 3 aliphatic rings. The summed E-state index contributed by atoms with van der Waals surface area (Å²) in [5.74, 6) is 0.974. The van der Waals surface area contributed by atoms with Crippen LogP contribution in [-0.4, -0.2) is 49.7 Å². The Balaban J connectivity index is 0.0000125. The molecule has 2 bridgehead atoms. The number of piperidine rings is 3. The second kappa shape index (κ2) is 33.2. The van der Waals surface area contributed by atoms with Crippen molar-refractivity contribution in [1.82, 2.24) is 0 Å². The molecule has 0 N–H and O–H groups in total. The Bertz CT molecular complexity index is 762. The van der Waals surface area contributed by atoms with Gasteiger partial charge < -0.3 is 21.9 Å². The summed E-state index contributed by atoms with van der Waals surface area (Å²) in [6.07, 6.45) is 51.8. The lowest BCUT2D eigenvalue weighted by Gasteiger charge is -2.57. The average molecular weight is 723 g/mol. The highest BCUT2D eigenvalue weighted by atomic mass is 35.5. The zero-order valence-electron chi connectivity index (χ0n) is 34.2. The van der Waals surface area contributed by atoms with E-state index in [0.717, 1.165) is 30.2 Å². The summed E-state index contributed by atoms with van der Waals surface area (Å²) < 4.78 is 14.5. The van der Waals surface area contributed by atoms with Gasteiger partial charge in [-0.15, -0.1) is 0 Å². The van der Waals surface area contributed by atoms with Crippen molar-refractivity contribution in [1.29, 1.82) is 0 Å². The Kier molecular flexibility index (Phi) is 31.7. The molecule has 0 radical (unpaired) electrons. The fourth-order valence-electron chi connectivity index (χ4n) is 8.44. The van der Waals surface area contributed by atoms with Gasteiger partial charge in [-0.3, -0.25) is 4.48 Å². The molecule has 0 saturated carbocycles. The van der Waals surface area contributed by atoms with Crippen LogP contribution in [0.2, 0.25) is 0 Å². The molecule has 3 aliphatic heterocycles. The fourth-order valence-corrected chi connectivity index (χ4v) is 8.44. The standard InChI is InChI=1S/C46H88NO2.ClH/c1-4-6-8-10-12-14-16-18-20-22-24-26-28-30-32-34-42-48-44-46(3,47-39-36-45(37-40-47)38-41-47)49-43-35-33-31-29-27-25-23-21-19-17-15-13-11-9-7-5-2;/h18-21,45H,4-17,22-44H2,1-3H3;1H/q+1;/p-1/b20-18-,21-19-;. The summed E-state index contributed by atoms with van der Waals surface area (Å²) in [5.41, 5.74) is -0.171. The van der Waals surface area contributed by atoms with Crippen molar-refractivity contribution in [3.8, 4) is 0 Å². The molecule has 50 heavy (non-hydrogen) atoms. The maximum absolute atomic E-state index is 6.87. The molecule has 1 atom stereocenters. The molecule has 296 valence electrons. The number of hydrogen-bond acceptors (Lipinski definition) is 2. The summed E-state index contributed by atoms with van der Waals surface area (Å²) >= 11 is 0. The predicted molar refractivity (Wildman–Crippen MR) is 216 cm³/mol. The highest BCUT2D eigenvalue weighted by molar-refractivity contribution is 4.82. The summed E-state index contributed by atoms with van der Waals surface area (Å²) in [6, 6.07) is 0. The number of ether oxygens (including phenoxy) is 2. The number of nitrogens with zero attached hydrogens (tertiary/aromatic N) is 1. The fraction of sp³-hybridized carbons (Fsp3) is 0.913. The molecular formula is C46H88ClNO2. The largest absolute Gasteiger partial charge is 1.00 e. The van der Waals surface area contributed by atoms with Crippen molar-refractivity contribution in [2.45, 2.75) is 226 Å². The number of quaternary nitrogens is 1. The minimum atomic E-state index is -0.171. The number of unbranched alkanes of at least 4 members (excludes halogenated alkanes) is 24. The maximum Gasteiger partial charge on any atom is 0.224 e. The number of rotatable bonds is 36. The minimum Gasteiger partial charge on any atom is -1.00 e. The first kappa shape index (κ1) is 47.7. The van der Waals surface area contributed by atoms with Crippen LogP contribution < -0.4 is 12.4 Å². The zero-order valence-corrected chi connectivity index (χ0v) is 34.9. The van der Waals surface area contributed by atoms with Gasteiger partial charge in [0.1, 0.15) is 6.61 Å². The Morgan fingerprint density at radius 2 is 0.820 bits per heavy atom. The van der Waals surface area contributed by atoms with Gasteiger partial charge in [0.05, 0.1) is 26.2 Å². The molecule has 0 spiro atoms. The summed E-state index contributed by atoms with van der Waals surface area (Å²) in [4.78, 5) is 0. The first-order valence-electron chi connectivity index (χ1n) is 22.5. The van der Waals surface area contributed by atoms with Crippen LogP contribution in [-0.2, 0) is 9.47 Å². The molecule has 0 amide bonds. The lowest BCUT2D eigenvalue weighted by Crippen LogP contribution is -3.00. The van der Waals surface area contributed by atoms with Crippen LogP contribution in [0.25, 0.3) is 0 Å². The molecule has 1 unspecified atom stereocenters. The zero-order chi connectivity index (χ0) is 35.0. The quantitative estimate of drug-likeness (QED) is 0.0364. The van der Waals surface area contributed by atoms with Crippen LogP contribution in [0.1, 0.15) is 220 Å². The lowest BCUT2D eigenvalue weighted by molar-refractivity contribution is -1.01. The van der Waals surface area contributed by atoms with Gasteiger partial charge in [-0.1, -0.05) is 154 Å². The van der Waals surface area contributed by atoms with Crippen molar-refractivity contribution in [2.75, 3.05) is 39.5 Å². The highest BCUT2D eigenvalue weighted by Crippen LogP contribution is 2.41. The van der Waals surface area contributed by atoms with E-state index in [4.69, 9.17) is 9.47 Å². The van der Waals surface area contributed by atoms with E-state index in [-0.39, 0.29) is 18.1 Å². The Morgan fingerprint density at radius 3 is 1.22 bits per heavy atom. The predicted octanol–water partition coefficient (Wildman–Crippen LogP) is 11.4. The molecular weight excluding hydrogens is 634 g/mol. The van der Waals surface area contributed by atoms with Crippen molar-refractivity contribution < 1.29 is 26.4 Å². The van der Waals surface area contributed by atoms with Gasteiger partial charge in [0, 0.05) is 13.5 Å². The Hall–Kier alpha value is -0.350. The van der Waals surface area contributed by atoms with Gasteiger partial charge in [0.25, 0.3) is 0 Å². The Labute approximate surface area is 320 Å². The number of allylic oxidation sites excluding steroid dienone is 4. The Morgan fingerprint density at radius 1 is 0.480 bits per heavy atom. The van der Waals surface area contributed by atoms with E-state index in [9.17, 15) is 0 Å². The van der Waals surface area contributed by atoms with E-state index < -0.39 is 0 Å². The number of hydrogen-bond donors (Lipinski definition) is 0. The van der Waals surface area contributed by atoms with Crippen LogP contribution in [0.4, 0.5) is 0 Å². The molecule has 3 heterocycles. The van der Waals surface area contributed by atoms with E-state index in [2.05, 4.69) is 45.1 Å². The van der Waals surface area contributed by atoms with Crippen LogP contribution in [0.3, 0.4) is 0 Å². The number of fused-ring (bicyclic) bond motifs is 3. The van der Waals surface area contributed by atoms with Gasteiger partial charge in [0.15, 0.2) is 0 Å². The molecule has 4 heteroatoms. The van der Waals surface area contributed by atoms with Crippen molar-refractivity contribution >= 4 is 0 Å². The first-order chi connectivity index (χ1) is 24.2. The van der Waals surface area contributed by atoms with Crippen LogP contribution in [0.15, 0.2) is 24.3 Å². The third-order valence-corrected chi connectivity index (χ3v) is 12.1. The molecule has 3 rings (SSSR count). The van der Waals surface area contributed by atoms with Crippen molar-refractivity contribution in [3.05, 3.63) is 24.3 Å². The van der Waals surface area contributed by atoms with E-state index in [0.29, 0.717) is 0 Å². The summed E-state index contributed by atoms with van der Waals surface area (Å²) in [7, 11) is 0. The number of halogens is 1. The van der Waals surface area contributed by atoms with Crippen LogP contribution in [0.5, 0.6) is 0 Å².